The Morgan fingerprint density at radius 1 is 0.963 bits per heavy atom. The van der Waals surface area contributed by atoms with Crippen LogP contribution in [-0.4, -0.2) is 40.2 Å². The van der Waals surface area contributed by atoms with E-state index >= 15 is 0 Å². The number of carbonyl (C=O) groups excluding carboxylic acids is 1. The van der Waals surface area contributed by atoms with Crippen LogP contribution in [0, 0.1) is 0 Å². The highest BCUT2D eigenvalue weighted by Crippen LogP contribution is 2.27. The maximum Gasteiger partial charge on any atom is 0.168 e. The lowest BCUT2D eigenvalue weighted by Gasteiger charge is -2.03. The van der Waals surface area contributed by atoms with Crippen LogP contribution < -0.4 is 9.47 Å². The first-order valence-corrected chi connectivity index (χ1v) is 9.31. The molecule has 7 heteroatoms. The van der Waals surface area contributed by atoms with E-state index in [9.17, 15) is 19.2 Å². The second-order valence-corrected chi connectivity index (χ2v) is 6.81. The molecule has 0 radical (unpaired) electrons. The highest BCUT2D eigenvalue weighted by molar-refractivity contribution is 7.88. The number of methoxy groups -OCH3 is 2. The van der Waals surface area contributed by atoms with Gasteiger partial charge in [0.15, 0.2) is 28.8 Å². The van der Waals surface area contributed by atoms with Crippen molar-refractivity contribution >= 4 is 28.7 Å². The first kappa shape index (κ1) is 20.3. The van der Waals surface area contributed by atoms with Crippen molar-refractivity contribution in [2.75, 3.05) is 20.0 Å². The predicted molar refractivity (Wildman–Crippen MR) is 105 cm³/mol. The third kappa shape index (κ3) is 6.00. The maximum atomic E-state index is 12.0. The zero-order chi connectivity index (χ0) is 19.8. The number of benzene rings is 2. The Morgan fingerprint density at radius 2 is 1.48 bits per heavy atom. The molecule has 2 N–H and O–H groups in total. The third-order valence-corrected chi connectivity index (χ3v) is 4.57. The minimum Gasteiger partial charge on any atom is -0.504 e. The van der Waals surface area contributed by atoms with Crippen molar-refractivity contribution in [3.63, 3.8) is 0 Å². The number of ketones is 1. The topological polar surface area (TPSA) is 93.1 Å². The molecule has 27 heavy (non-hydrogen) atoms. The number of phenols is 2. The van der Waals surface area contributed by atoms with E-state index in [2.05, 4.69) is 0 Å². The fourth-order valence-corrected chi connectivity index (χ4v) is 2.98. The van der Waals surface area contributed by atoms with Gasteiger partial charge >= 0.3 is 0 Å². The van der Waals surface area contributed by atoms with Crippen LogP contribution in [-0.2, 0) is 15.6 Å². The summed E-state index contributed by atoms with van der Waals surface area (Å²) in [5.74, 6) is 0.156. The van der Waals surface area contributed by atoms with Gasteiger partial charge in [-0.25, -0.2) is 0 Å². The molecule has 0 saturated carbocycles. The lowest BCUT2D eigenvalue weighted by molar-refractivity contribution is -0.112. The average Bonchev–Trinajstić information content (AvgIpc) is 2.65. The highest BCUT2D eigenvalue weighted by atomic mass is 32.2. The van der Waals surface area contributed by atoms with Crippen molar-refractivity contribution in [2.24, 2.45) is 0 Å². The van der Waals surface area contributed by atoms with E-state index in [0.717, 1.165) is 0 Å². The number of phenolic OH excluding ortho intramolecular Hbond substituents is 2. The van der Waals surface area contributed by atoms with Crippen LogP contribution in [0.3, 0.4) is 0 Å². The van der Waals surface area contributed by atoms with E-state index in [1.807, 2.05) is 0 Å². The van der Waals surface area contributed by atoms with Gasteiger partial charge in [0, 0.05) is 5.41 Å². The molecule has 0 spiro atoms. The van der Waals surface area contributed by atoms with Crippen LogP contribution in [0.1, 0.15) is 11.1 Å². The quantitative estimate of drug-likeness (QED) is 0.675. The van der Waals surface area contributed by atoms with E-state index in [1.54, 1.807) is 30.3 Å². The Bertz CT molecular complexity index is 828. The monoisotopic (exact) mass is 388 g/mol. The van der Waals surface area contributed by atoms with Crippen LogP contribution in [0.2, 0.25) is 0 Å². The number of hydrogen-bond acceptors (Lipinski definition) is 6. The number of aromatic hydroxyl groups is 2. The van der Waals surface area contributed by atoms with Crippen molar-refractivity contribution in [1.29, 1.82) is 0 Å². The molecule has 142 valence electrons. The minimum atomic E-state index is -1.50. The summed E-state index contributed by atoms with van der Waals surface area (Å²) in [6.45, 7) is 0. The smallest absolute Gasteiger partial charge is 0.168 e. The van der Waals surface area contributed by atoms with Gasteiger partial charge < -0.3 is 19.7 Å². The minimum absolute atomic E-state index is 0.0211. The van der Waals surface area contributed by atoms with Crippen molar-refractivity contribution in [2.45, 2.75) is 0 Å². The second kappa shape index (κ2) is 9.59. The highest BCUT2D eigenvalue weighted by Gasteiger charge is 2.05. The van der Waals surface area contributed by atoms with Gasteiger partial charge in [-0.1, -0.05) is 18.2 Å². The standard InChI is InChI=1S/C20H20O6S/c1-25-19-7-4-14(11-17(19)22)3-6-16(21)13-27(24)10-9-15-5-8-20(26-2)18(23)12-15/h3-12,22-23H,13H2,1-2H3/b6-3-,10-9?. The van der Waals surface area contributed by atoms with Crippen molar-refractivity contribution in [3.05, 3.63) is 59.0 Å². The number of carbonyl (C=O) groups is 1. The summed E-state index contributed by atoms with van der Waals surface area (Å²) in [6.07, 6.45) is 4.41. The van der Waals surface area contributed by atoms with Gasteiger partial charge in [0.25, 0.3) is 0 Å². The zero-order valence-electron chi connectivity index (χ0n) is 14.9. The lowest BCUT2D eigenvalue weighted by atomic mass is 10.2. The molecule has 0 aromatic heterocycles. The van der Waals surface area contributed by atoms with Crippen LogP contribution in [0.15, 0.2) is 47.9 Å². The van der Waals surface area contributed by atoms with Crippen LogP contribution in [0.5, 0.6) is 23.0 Å². The molecule has 2 aromatic carbocycles. The number of allylic oxidation sites excluding steroid dienone is 1. The molecule has 1 atom stereocenters. The van der Waals surface area contributed by atoms with Gasteiger partial charge in [0.1, 0.15) is 0 Å². The molecule has 0 heterocycles. The van der Waals surface area contributed by atoms with Gasteiger partial charge in [0.2, 0.25) is 0 Å². The summed E-state index contributed by atoms with van der Waals surface area (Å²) in [4.78, 5) is 11.9. The van der Waals surface area contributed by atoms with E-state index < -0.39 is 10.8 Å². The first-order chi connectivity index (χ1) is 12.9. The van der Waals surface area contributed by atoms with E-state index in [1.165, 1.54) is 43.9 Å². The summed E-state index contributed by atoms with van der Waals surface area (Å²) in [7, 11) is 1.40. The Hall–Kier alpha value is -3.06. The van der Waals surface area contributed by atoms with Gasteiger partial charge in [0.05, 0.1) is 30.8 Å². The summed E-state index contributed by atoms with van der Waals surface area (Å²) in [5.41, 5.74) is 1.26. The average molecular weight is 388 g/mol. The van der Waals surface area contributed by atoms with Crippen molar-refractivity contribution in [1.82, 2.24) is 0 Å². The lowest BCUT2D eigenvalue weighted by Crippen LogP contribution is -2.05. The molecule has 0 aliphatic heterocycles. The summed E-state index contributed by atoms with van der Waals surface area (Å²) in [6, 6.07) is 9.51. The van der Waals surface area contributed by atoms with Crippen LogP contribution in [0.25, 0.3) is 12.2 Å². The van der Waals surface area contributed by atoms with Gasteiger partial charge in [-0.05, 0) is 47.5 Å². The largest absolute Gasteiger partial charge is 0.504 e. The molecule has 0 aliphatic carbocycles. The Kier molecular flexibility index (Phi) is 7.19. The second-order valence-electron chi connectivity index (χ2n) is 5.49. The molecule has 6 nitrogen and oxygen atoms in total. The fourth-order valence-electron chi connectivity index (χ4n) is 2.20. The fraction of sp³-hybridized carbons (Fsp3) is 0.150. The van der Waals surface area contributed by atoms with Gasteiger partial charge in [-0.3, -0.25) is 9.00 Å². The molecule has 0 fully saturated rings. The van der Waals surface area contributed by atoms with Crippen molar-refractivity contribution < 1.29 is 28.7 Å². The number of ether oxygens (including phenoxy) is 2. The number of hydrogen-bond donors (Lipinski definition) is 2. The summed E-state index contributed by atoms with van der Waals surface area (Å²) < 4.78 is 21.9. The van der Waals surface area contributed by atoms with E-state index in [-0.39, 0.29) is 23.0 Å². The van der Waals surface area contributed by atoms with E-state index in [4.69, 9.17) is 9.47 Å². The normalized spacial score (nSPS) is 12.4. The summed E-state index contributed by atoms with van der Waals surface area (Å²) in [5, 5.41) is 20.8. The molecule has 2 aromatic rings. The Labute approximate surface area is 159 Å². The van der Waals surface area contributed by atoms with Gasteiger partial charge in [-0.2, -0.15) is 0 Å². The van der Waals surface area contributed by atoms with E-state index in [0.29, 0.717) is 22.6 Å². The third-order valence-electron chi connectivity index (χ3n) is 3.56. The zero-order valence-corrected chi connectivity index (χ0v) is 15.7. The SMILES string of the molecule is COc1ccc(C=CS(=O)CC(=O)/C=C\c2ccc(OC)c(O)c2)cc1O. The summed E-state index contributed by atoms with van der Waals surface area (Å²) >= 11 is 0. The molecule has 0 amide bonds. The molecule has 0 aliphatic rings. The first-order valence-electron chi connectivity index (χ1n) is 7.93. The Morgan fingerprint density at radius 3 is 1.96 bits per heavy atom. The maximum absolute atomic E-state index is 12.0. The van der Waals surface area contributed by atoms with Crippen molar-refractivity contribution in [3.8, 4) is 23.0 Å². The molecule has 2 rings (SSSR count). The van der Waals surface area contributed by atoms with Crippen LogP contribution in [0.4, 0.5) is 0 Å². The molecule has 0 bridgehead atoms. The molecular weight excluding hydrogens is 368 g/mol. The molecular formula is C20H20O6S. The molecule has 0 saturated heterocycles. The molecule has 1 unspecified atom stereocenters. The Balaban J connectivity index is 1.94. The predicted octanol–water partition coefficient (Wildman–Crippen LogP) is 3.12. The van der Waals surface area contributed by atoms with Gasteiger partial charge in [-0.15, -0.1) is 0 Å². The van der Waals surface area contributed by atoms with Crippen LogP contribution >= 0.6 is 0 Å². The number of rotatable bonds is 8.